The Bertz CT molecular complexity index is 996. The Morgan fingerprint density at radius 3 is 2.41 bits per heavy atom. The summed E-state index contributed by atoms with van der Waals surface area (Å²) in [5, 5.41) is 0.613. The van der Waals surface area contributed by atoms with Gasteiger partial charge in [-0.15, -0.1) is 12.4 Å². The van der Waals surface area contributed by atoms with E-state index in [-0.39, 0.29) is 30.7 Å². The van der Waals surface area contributed by atoms with Crippen molar-refractivity contribution in [1.29, 1.82) is 0 Å². The normalized spacial score (nSPS) is 10.8. The Balaban J connectivity index is 0.00000363. The van der Waals surface area contributed by atoms with Gasteiger partial charge >= 0.3 is 0 Å². The van der Waals surface area contributed by atoms with E-state index in [1.807, 2.05) is 25.1 Å². The number of rotatable bonds is 11. The van der Waals surface area contributed by atoms with Crippen molar-refractivity contribution in [1.82, 2.24) is 9.88 Å². The van der Waals surface area contributed by atoms with Gasteiger partial charge in [-0.3, -0.25) is 9.69 Å². The molecule has 0 unspecified atom stereocenters. The Hall–Kier alpha value is -2.42. The third-order valence-electron chi connectivity index (χ3n) is 4.91. The van der Waals surface area contributed by atoms with Crippen LogP contribution in [0.2, 0.25) is 0 Å². The molecule has 0 saturated carbocycles. The number of anilines is 1. The van der Waals surface area contributed by atoms with E-state index in [1.54, 1.807) is 4.90 Å². The van der Waals surface area contributed by atoms with Crippen molar-refractivity contribution in [3.8, 4) is 11.5 Å². The van der Waals surface area contributed by atoms with E-state index < -0.39 is 0 Å². The highest BCUT2D eigenvalue weighted by Crippen LogP contribution is 2.34. The summed E-state index contributed by atoms with van der Waals surface area (Å²) < 4.78 is 25.4. The monoisotopic (exact) mass is 481 g/mol. The van der Waals surface area contributed by atoms with Gasteiger partial charge in [0.2, 0.25) is 0 Å². The van der Waals surface area contributed by atoms with E-state index >= 15 is 0 Å². The molecule has 174 valence electrons. The van der Waals surface area contributed by atoms with Crippen LogP contribution in [0.25, 0.3) is 10.2 Å². The summed E-state index contributed by atoms with van der Waals surface area (Å²) in [6.45, 7) is 9.54. The molecule has 1 aromatic heterocycles. The van der Waals surface area contributed by atoms with Crippen LogP contribution in [0.5, 0.6) is 11.5 Å². The van der Waals surface area contributed by atoms with Crippen molar-refractivity contribution in [3.63, 3.8) is 0 Å². The zero-order valence-electron chi connectivity index (χ0n) is 18.5. The maximum absolute atomic E-state index is 13.1. The Morgan fingerprint density at radius 2 is 1.75 bits per heavy atom. The van der Waals surface area contributed by atoms with Crippen molar-refractivity contribution in [2.75, 3.05) is 44.3 Å². The van der Waals surface area contributed by atoms with Gasteiger partial charge in [0.15, 0.2) is 11.7 Å². The number of likely N-dealkylation sites (N-methyl/N-ethyl adjacent to an activating group) is 1. The number of aromatic nitrogens is 1. The van der Waals surface area contributed by atoms with Crippen LogP contribution in [-0.4, -0.2) is 55.2 Å². The number of benzene rings is 2. The summed E-state index contributed by atoms with van der Waals surface area (Å²) >= 11 is 1.45. The molecular weight excluding hydrogens is 453 g/mol. The lowest BCUT2D eigenvalue weighted by Crippen LogP contribution is -2.41. The van der Waals surface area contributed by atoms with Crippen LogP contribution >= 0.6 is 23.7 Å². The third kappa shape index (κ3) is 6.54. The number of carbonyl (C=O) groups is 1. The molecular formula is C23H29ClFN3O3S. The highest BCUT2D eigenvalue weighted by atomic mass is 35.5. The number of hydrogen-bond donors (Lipinski definition) is 0. The number of halogens is 2. The lowest BCUT2D eigenvalue weighted by Gasteiger charge is -2.24. The van der Waals surface area contributed by atoms with E-state index in [0.29, 0.717) is 29.8 Å². The van der Waals surface area contributed by atoms with Crippen LogP contribution in [0.3, 0.4) is 0 Å². The molecule has 0 aliphatic heterocycles. The second kappa shape index (κ2) is 12.6. The van der Waals surface area contributed by atoms with Crippen LogP contribution in [0, 0.1) is 5.82 Å². The van der Waals surface area contributed by atoms with Crippen molar-refractivity contribution in [2.45, 2.75) is 20.8 Å². The van der Waals surface area contributed by atoms with Crippen LogP contribution in [-0.2, 0) is 4.79 Å². The Kier molecular flexibility index (Phi) is 10.2. The number of hydrogen-bond acceptors (Lipinski definition) is 6. The van der Waals surface area contributed by atoms with Crippen molar-refractivity contribution < 1.29 is 18.7 Å². The number of ether oxygens (including phenoxy) is 2. The van der Waals surface area contributed by atoms with Gasteiger partial charge in [0.1, 0.15) is 22.8 Å². The largest absolute Gasteiger partial charge is 0.492 e. The number of carbonyl (C=O) groups excluding carboxylic acids is 1. The van der Waals surface area contributed by atoms with Crippen molar-refractivity contribution >= 4 is 45.0 Å². The van der Waals surface area contributed by atoms with Gasteiger partial charge in [-0.1, -0.05) is 31.3 Å². The van der Waals surface area contributed by atoms with Crippen molar-refractivity contribution in [3.05, 3.63) is 48.3 Å². The van der Waals surface area contributed by atoms with E-state index in [1.165, 1.54) is 35.6 Å². The molecule has 0 aliphatic carbocycles. The Morgan fingerprint density at radius 1 is 1.03 bits per heavy atom. The first-order valence-electron chi connectivity index (χ1n) is 10.5. The number of fused-ring (bicyclic) bond motifs is 1. The molecule has 0 radical (unpaired) electrons. The summed E-state index contributed by atoms with van der Waals surface area (Å²) in [6.07, 6.45) is 0. The predicted octanol–water partition coefficient (Wildman–Crippen LogP) is 5.01. The highest BCUT2D eigenvalue weighted by Gasteiger charge is 2.22. The maximum atomic E-state index is 13.1. The average molecular weight is 482 g/mol. The molecule has 3 aromatic rings. The van der Waals surface area contributed by atoms with Crippen LogP contribution in [0.4, 0.5) is 9.52 Å². The summed E-state index contributed by atoms with van der Waals surface area (Å²) in [5.74, 6) is 0.607. The lowest BCUT2D eigenvalue weighted by molar-refractivity contribution is -0.120. The maximum Gasteiger partial charge on any atom is 0.266 e. The van der Waals surface area contributed by atoms with Crippen LogP contribution in [0.15, 0.2) is 42.5 Å². The first-order chi connectivity index (χ1) is 15.0. The molecule has 0 aliphatic rings. The molecule has 0 spiro atoms. The van der Waals surface area contributed by atoms with E-state index in [9.17, 15) is 9.18 Å². The number of thiazole rings is 1. The highest BCUT2D eigenvalue weighted by molar-refractivity contribution is 7.22. The quantitative estimate of drug-likeness (QED) is 0.385. The zero-order chi connectivity index (χ0) is 22.2. The molecule has 0 bridgehead atoms. The van der Waals surface area contributed by atoms with E-state index in [4.69, 9.17) is 14.5 Å². The molecule has 0 fully saturated rings. The molecule has 0 N–H and O–H groups in total. The van der Waals surface area contributed by atoms with Crippen LogP contribution in [0.1, 0.15) is 20.8 Å². The molecule has 2 aromatic carbocycles. The van der Waals surface area contributed by atoms with Gasteiger partial charge in [-0.25, -0.2) is 9.37 Å². The molecule has 32 heavy (non-hydrogen) atoms. The summed E-state index contributed by atoms with van der Waals surface area (Å²) in [6, 6.07) is 11.4. The van der Waals surface area contributed by atoms with Gasteiger partial charge in [-0.05, 0) is 56.4 Å². The van der Waals surface area contributed by atoms with E-state index in [0.717, 1.165) is 29.9 Å². The van der Waals surface area contributed by atoms with Gasteiger partial charge in [-0.2, -0.15) is 0 Å². The molecule has 0 saturated heterocycles. The summed E-state index contributed by atoms with van der Waals surface area (Å²) in [4.78, 5) is 21.7. The summed E-state index contributed by atoms with van der Waals surface area (Å²) in [5.41, 5.74) is 0.754. The van der Waals surface area contributed by atoms with Gasteiger partial charge in [0, 0.05) is 13.1 Å². The first-order valence-corrected chi connectivity index (χ1v) is 11.3. The predicted molar refractivity (Wildman–Crippen MR) is 130 cm³/mol. The molecule has 6 nitrogen and oxygen atoms in total. The zero-order valence-corrected chi connectivity index (χ0v) is 20.2. The fourth-order valence-electron chi connectivity index (χ4n) is 3.16. The number of nitrogens with zero attached hydrogens (tertiary/aromatic N) is 3. The van der Waals surface area contributed by atoms with Gasteiger partial charge in [0.05, 0.1) is 11.3 Å². The molecule has 3 rings (SSSR count). The second-order valence-corrected chi connectivity index (χ2v) is 7.86. The second-order valence-electron chi connectivity index (χ2n) is 6.85. The Labute approximate surface area is 198 Å². The molecule has 0 atom stereocenters. The topological polar surface area (TPSA) is 54.9 Å². The smallest absolute Gasteiger partial charge is 0.266 e. The SMILES string of the molecule is CCOc1cccc2sc(N(CCN(CC)CC)C(=O)COc3ccc(F)cc3)nc12.Cl. The number of para-hydroxylation sites is 1. The van der Waals surface area contributed by atoms with Gasteiger partial charge in [0.25, 0.3) is 5.91 Å². The summed E-state index contributed by atoms with van der Waals surface area (Å²) in [7, 11) is 0. The minimum absolute atomic E-state index is 0. The fraction of sp³-hybridized carbons (Fsp3) is 0.391. The standard InChI is InChI=1S/C23H28FN3O3S.ClH/c1-4-26(5-2)14-15-27(21(28)16-30-18-12-10-17(24)11-13-18)23-25-22-19(29-6-3)8-7-9-20(22)31-23;/h7-13H,4-6,14-16H2,1-3H3;1H. The third-order valence-corrected chi connectivity index (χ3v) is 5.96. The average Bonchev–Trinajstić information content (AvgIpc) is 3.21. The molecule has 1 amide bonds. The molecule has 1 heterocycles. The number of amides is 1. The van der Waals surface area contributed by atoms with Gasteiger partial charge < -0.3 is 14.4 Å². The molecule has 9 heteroatoms. The lowest BCUT2D eigenvalue weighted by atomic mass is 10.3. The minimum atomic E-state index is -0.348. The fourth-order valence-corrected chi connectivity index (χ4v) is 4.19. The van der Waals surface area contributed by atoms with Crippen molar-refractivity contribution in [2.24, 2.45) is 0 Å². The van der Waals surface area contributed by atoms with Crippen LogP contribution < -0.4 is 14.4 Å². The first kappa shape index (κ1) is 25.8. The minimum Gasteiger partial charge on any atom is -0.492 e. The van der Waals surface area contributed by atoms with E-state index in [2.05, 4.69) is 18.7 Å².